The minimum Gasteiger partial charge on any atom is -0.486 e. The maximum atomic E-state index is 5.51. The van der Waals surface area contributed by atoms with Gasteiger partial charge in [-0.25, -0.2) is 4.68 Å². The molecule has 6 heteroatoms. The number of fused-ring (bicyclic) bond motifs is 2. The lowest BCUT2D eigenvalue weighted by Crippen LogP contribution is -2.15. The van der Waals surface area contributed by atoms with Gasteiger partial charge in [-0.3, -0.25) is 0 Å². The van der Waals surface area contributed by atoms with Gasteiger partial charge in [-0.1, -0.05) is 5.21 Å². The summed E-state index contributed by atoms with van der Waals surface area (Å²) in [5.74, 6) is 1.48. The van der Waals surface area contributed by atoms with Crippen molar-refractivity contribution in [3.05, 3.63) is 12.1 Å². The number of hydrogen-bond donors (Lipinski definition) is 1. The lowest BCUT2D eigenvalue weighted by Gasteiger charge is -2.17. The summed E-state index contributed by atoms with van der Waals surface area (Å²) in [4.78, 5) is 0. The molecule has 1 aromatic carbocycles. The summed E-state index contributed by atoms with van der Waals surface area (Å²) in [7, 11) is 0. The lowest BCUT2D eigenvalue weighted by molar-refractivity contribution is 0.172. The number of nitrogens with two attached hydrogens (primary N) is 1. The van der Waals surface area contributed by atoms with Crippen molar-refractivity contribution < 1.29 is 9.47 Å². The van der Waals surface area contributed by atoms with Crippen LogP contribution in [-0.4, -0.2) is 34.8 Å². The Morgan fingerprint density at radius 3 is 2.75 bits per heavy atom. The third-order valence-corrected chi connectivity index (χ3v) is 2.52. The van der Waals surface area contributed by atoms with Crippen molar-refractivity contribution in [1.82, 2.24) is 15.0 Å². The van der Waals surface area contributed by atoms with Crippen LogP contribution in [0.15, 0.2) is 12.1 Å². The summed E-state index contributed by atoms with van der Waals surface area (Å²) in [5, 5.41) is 8.10. The fraction of sp³-hybridized carbons (Fsp3) is 0.400. The molecule has 6 nitrogen and oxygen atoms in total. The average Bonchev–Trinajstić information content (AvgIpc) is 2.70. The van der Waals surface area contributed by atoms with E-state index in [1.54, 1.807) is 4.68 Å². The highest BCUT2D eigenvalue weighted by Crippen LogP contribution is 2.33. The summed E-state index contributed by atoms with van der Waals surface area (Å²) >= 11 is 0. The maximum absolute atomic E-state index is 5.51. The van der Waals surface area contributed by atoms with Crippen LogP contribution < -0.4 is 15.2 Å². The quantitative estimate of drug-likeness (QED) is 0.780. The summed E-state index contributed by atoms with van der Waals surface area (Å²) in [6.45, 7) is 2.34. The minimum absolute atomic E-state index is 0.535. The molecule has 2 N–H and O–H groups in total. The smallest absolute Gasteiger partial charge is 0.163 e. The topological polar surface area (TPSA) is 75.2 Å². The van der Waals surface area contributed by atoms with Crippen LogP contribution in [-0.2, 0) is 6.54 Å². The molecule has 1 aromatic heterocycles. The second-order valence-electron chi connectivity index (χ2n) is 3.59. The predicted octanol–water partition coefficient (Wildman–Crippen LogP) is 0.161. The minimum atomic E-state index is 0.535. The zero-order valence-electron chi connectivity index (χ0n) is 8.72. The van der Waals surface area contributed by atoms with Crippen molar-refractivity contribution in [3.63, 3.8) is 0 Å². The van der Waals surface area contributed by atoms with Gasteiger partial charge in [0.15, 0.2) is 11.5 Å². The summed E-state index contributed by atoms with van der Waals surface area (Å²) < 4.78 is 12.8. The molecule has 1 aliphatic heterocycles. The molecule has 0 fully saturated rings. The van der Waals surface area contributed by atoms with Crippen molar-refractivity contribution in [2.24, 2.45) is 5.73 Å². The molecule has 1 aliphatic rings. The third kappa shape index (κ3) is 1.38. The summed E-state index contributed by atoms with van der Waals surface area (Å²) in [6, 6.07) is 3.75. The number of aromatic nitrogens is 3. The first-order valence-corrected chi connectivity index (χ1v) is 5.21. The van der Waals surface area contributed by atoms with Crippen molar-refractivity contribution in [3.8, 4) is 11.5 Å². The molecule has 0 bridgehead atoms. The normalized spacial score (nSPS) is 14.3. The highest BCUT2D eigenvalue weighted by molar-refractivity contribution is 5.79. The van der Waals surface area contributed by atoms with Gasteiger partial charge in [0.2, 0.25) is 0 Å². The van der Waals surface area contributed by atoms with Gasteiger partial charge in [0.05, 0.1) is 12.1 Å². The van der Waals surface area contributed by atoms with Gasteiger partial charge in [0, 0.05) is 18.7 Å². The monoisotopic (exact) mass is 220 g/mol. The number of ether oxygens (including phenoxy) is 2. The molecule has 0 unspecified atom stereocenters. The first kappa shape index (κ1) is 9.41. The largest absolute Gasteiger partial charge is 0.486 e. The Balaban J connectivity index is 2.14. The van der Waals surface area contributed by atoms with Gasteiger partial charge in [-0.2, -0.15) is 0 Å². The SMILES string of the molecule is NCCn1nnc2cc3c(cc21)OCCO3. The van der Waals surface area contributed by atoms with Crippen LogP contribution in [0, 0.1) is 0 Å². The molecule has 16 heavy (non-hydrogen) atoms. The van der Waals surface area contributed by atoms with Crippen molar-refractivity contribution in [1.29, 1.82) is 0 Å². The number of benzene rings is 1. The fourth-order valence-corrected chi connectivity index (χ4v) is 1.79. The molecule has 0 saturated heterocycles. The number of hydrogen-bond acceptors (Lipinski definition) is 5. The first-order valence-electron chi connectivity index (χ1n) is 5.21. The van der Waals surface area contributed by atoms with Crippen LogP contribution in [0.2, 0.25) is 0 Å². The molecule has 2 aromatic rings. The second kappa shape index (κ2) is 3.64. The van der Waals surface area contributed by atoms with Crippen molar-refractivity contribution in [2.75, 3.05) is 19.8 Å². The van der Waals surface area contributed by atoms with Crippen LogP contribution >= 0.6 is 0 Å². The molecule has 0 amide bonds. The molecular formula is C10H12N4O2. The highest BCUT2D eigenvalue weighted by atomic mass is 16.6. The van der Waals surface area contributed by atoms with Crippen LogP contribution in [0.4, 0.5) is 0 Å². The molecular weight excluding hydrogens is 208 g/mol. The van der Waals surface area contributed by atoms with E-state index < -0.39 is 0 Å². The van der Waals surface area contributed by atoms with Crippen LogP contribution in [0.3, 0.4) is 0 Å². The highest BCUT2D eigenvalue weighted by Gasteiger charge is 2.15. The standard InChI is InChI=1S/C10H12N4O2/c11-1-2-14-8-6-10-9(15-3-4-16-10)5-7(8)12-13-14/h5-6H,1-4,11H2. The Kier molecular flexibility index (Phi) is 2.14. The number of rotatable bonds is 2. The first-order chi connectivity index (χ1) is 7.88. The van der Waals surface area contributed by atoms with E-state index in [9.17, 15) is 0 Å². The molecule has 0 saturated carbocycles. The van der Waals surface area contributed by atoms with Gasteiger partial charge in [0.25, 0.3) is 0 Å². The summed E-state index contributed by atoms with van der Waals surface area (Å²) in [5.41, 5.74) is 7.23. The van der Waals surface area contributed by atoms with E-state index in [-0.39, 0.29) is 0 Å². The van der Waals surface area contributed by atoms with Crippen LogP contribution in [0.25, 0.3) is 11.0 Å². The van der Waals surface area contributed by atoms with Gasteiger partial charge < -0.3 is 15.2 Å². The van der Waals surface area contributed by atoms with Crippen LogP contribution in [0.1, 0.15) is 0 Å². The molecule has 0 radical (unpaired) electrons. The van der Waals surface area contributed by atoms with E-state index in [0.717, 1.165) is 22.5 Å². The average molecular weight is 220 g/mol. The van der Waals surface area contributed by atoms with Gasteiger partial charge >= 0.3 is 0 Å². The van der Waals surface area contributed by atoms with E-state index in [0.29, 0.717) is 26.3 Å². The van der Waals surface area contributed by atoms with Gasteiger partial charge in [-0.05, 0) is 0 Å². The van der Waals surface area contributed by atoms with Crippen molar-refractivity contribution in [2.45, 2.75) is 6.54 Å². The third-order valence-electron chi connectivity index (χ3n) is 2.52. The molecule has 0 spiro atoms. The Morgan fingerprint density at radius 1 is 1.25 bits per heavy atom. The lowest BCUT2D eigenvalue weighted by atomic mass is 10.2. The Morgan fingerprint density at radius 2 is 2.00 bits per heavy atom. The van der Waals surface area contributed by atoms with E-state index in [2.05, 4.69) is 10.3 Å². The zero-order chi connectivity index (χ0) is 11.0. The van der Waals surface area contributed by atoms with E-state index in [1.807, 2.05) is 12.1 Å². The molecule has 84 valence electrons. The molecule has 0 atom stereocenters. The molecule has 3 rings (SSSR count). The Hall–Kier alpha value is -1.82. The fourth-order valence-electron chi connectivity index (χ4n) is 1.79. The van der Waals surface area contributed by atoms with E-state index in [1.165, 1.54) is 0 Å². The summed E-state index contributed by atoms with van der Waals surface area (Å²) in [6.07, 6.45) is 0. The van der Waals surface area contributed by atoms with E-state index in [4.69, 9.17) is 15.2 Å². The van der Waals surface area contributed by atoms with Crippen molar-refractivity contribution >= 4 is 11.0 Å². The van der Waals surface area contributed by atoms with Gasteiger partial charge in [0.1, 0.15) is 18.7 Å². The maximum Gasteiger partial charge on any atom is 0.163 e. The molecule has 2 heterocycles. The Bertz CT molecular complexity index is 523. The Labute approximate surface area is 91.9 Å². The van der Waals surface area contributed by atoms with Crippen LogP contribution in [0.5, 0.6) is 11.5 Å². The van der Waals surface area contributed by atoms with Gasteiger partial charge in [-0.15, -0.1) is 5.10 Å². The number of nitrogens with zero attached hydrogens (tertiary/aromatic N) is 3. The van der Waals surface area contributed by atoms with E-state index >= 15 is 0 Å². The zero-order valence-corrected chi connectivity index (χ0v) is 8.72. The molecule has 0 aliphatic carbocycles. The second-order valence-corrected chi connectivity index (χ2v) is 3.59. The predicted molar refractivity (Wildman–Crippen MR) is 57.6 cm³/mol.